The molecule has 3 nitrogen and oxygen atoms in total. The van der Waals surface area contributed by atoms with Gasteiger partial charge in [0.2, 0.25) is 0 Å². The molecule has 94 valence electrons. The Bertz CT molecular complexity index is 389. The summed E-state index contributed by atoms with van der Waals surface area (Å²) in [6.45, 7) is 3.67. The number of rotatable bonds is 3. The van der Waals surface area contributed by atoms with Crippen molar-refractivity contribution in [2.24, 2.45) is 0 Å². The molecule has 1 aliphatic rings. The van der Waals surface area contributed by atoms with Crippen molar-refractivity contribution in [1.29, 1.82) is 0 Å². The van der Waals surface area contributed by atoms with Crippen LogP contribution < -0.4 is 10.1 Å². The summed E-state index contributed by atoms with van der Waals surface area (Å²) in [5, 5.41) is 13.4. The minimum absolute atomic E-state index is 0.221. The summed E-state index contributed by atoms with van der Waals surface area (Å²) in [7, 11) is 0. The standard InChI is InChI=1S/C13H18FNO2/c1-10-2-3-11(14)8-12(10)17-9-13(16)4-6-15-7-5-13/h2-3,8,15-16H,4-7,9H2,1H3. The molecule has 1 fully saturated rings. The number of ether oxygens (including phenoxy) is 1. The Labute approximate surface area is 101 Å². The lowest BCUT2D eigenvalue weighted by molar-refractivity contribution is -0.0288. The van der Waals surface area contributed by atoms with Gasteiger partial charge in [-0.2, -0.15) is 0 Å². The average molecular weight is 239 g/mol. The van der Waals surface area contributed by atoms with Crippen molar-refractivity contribution in [3.8, 4) is 5.75 Å². The van der Waals surface area contributed by atoms with E-state index in [9.17, 15) is 9.50 Å². The lowest BCUT2D eigenvalue weighted by Gasteiger charge is -2.32. The van der Waals surface area contributed by atoms with Gasteiger partial charge in [0.15, 0.2) is 0 Å². The summed E-state index contributed by atoms with van der Waals surface area (Å²) < 4.78 is 18.6. The van der Waals surface area contributed by atoms with Gasteiger partial charge in [-0.1, -0.05) is 6.07 Å². The van der Waals surface area contributed by atoms with E-state index in [-0.39, 0.29) is 12.4 Å². The molecule has 17 heavy (non-hydrogen) atoms. The SMILES string of the molecule is Cc1ccc(F)cc1OCC1(O)CCNCC1. The molecule has 2 N–H and O–H groups in total. The van der Waals surface area contributed by atoms with Crippen LogP contribution in [-0.2, 0) is 0 Å². The van der Waals surface area contributed by atoms with Crippen LogP contribution in [0.15, 0.2) is 18.2 Å². The normalized spacial score (nSPS) is 19.0. The molecule has 0 amide bonds. The van der Waals surface area contributed by atoms with E-state index in [2.05, 4.69) is 5.32 Å². The van der Waals surface area contributed by atoms with Crippen LogP contribution in [0.1, 0.15) is 18.4 Å². The summed E-state index contributed by atoms with van der Waals surface area (Å²) in [6.07, 6.45) is 1.34. The number of piperidine rings is 1. The van der Waals surface area contributed by atoms with Crippen molar-refractivity contribution in [3.63, 3.8) is 0 Å². The fourth-order valence-electron chi connectivity index (χ4n) is 1.98. The van der Waals surface area contributed by atoms with Crippen molar-refractivity contribution in [2.75, 3.05) is 19.7 Å². The van der Waals surface area contributed by atoms with E-state index in [0.29, 0.717) is 18.6 Å². The molecular formula is C13H18FNO2. The van der Waals surface area contributed by atoms with Crippen molar-refractivity contribution in [3.05, 3.63) is 29.6 Å². The third kappa shape index (κ3) is 3.17. The van der Waals surface area contributed by atoms with Crippen LogP contribution in [0.4, 0.5) is 4.39 Å². The van der Waals surface area contributed by atoms with Gasteiger partial charge >= 0.3 is 0 Å². The molecule has 0 unspecified atom stereocenters. The fourth-order valence-corrected chi connectivity index (χ4v) is 1.98. The minimum Gasteiger partial charge on any atom is -0.490 e. The zero-order valence-electron chi connectivity index (χ0n) is 10.0. The number of halogens is 1. The Balaban J connectivity index is 1.99. The highest BCUT2D eigenvalue weighted by molar-refractivity contribution is 5.32. The van der Waals surface area contributed by atoms with Gasteiger partial charge in [0.1, 0.15) is 23.8 Å². The molecule has 0 spiro atoms. The molecule has 1 aromatic carbocycles. The van der Waals surface area contributed by atoms with Gasteiger partial charge < -0.3 is 15.2 Å². The molecule has 0 radical (unpaired) electrons. The monoisotopic (exact) mass is 239 g/mol. The second-order valence-electron chi connectivity index (χ2n) is 4.67. The molecule has 1 heterocycles. The summed E-state index contributed by atoms with van der Waals surface area (Å²) in [5.41, 5.74) is 0.0910. The molecule has 0 aromatic heterocycles. The van der Waals surface area contributed by atoms with E-state index in [4.69, 9.17) is 4.74 Å². The number of benzene rings is 1. The lowest BCUT2D eigenvalue weighted by atomic mass is 9.93. The van der Waals surface area contributed by atoms with Crippen LogP contribution in [-0.4, -0.2) is 30.4 Å². The predicted molar refractivity (Wildman–Crippen MR) is 63.7 cm³/mol. The maximum absolute atomic E-state index is 13.1. The van der Waals surface area contributed by atoms with E-state index < -0.39 is 5.60 Å². The first-order valence-corrected chi connectivity index (χ1v) is 5.91. The molecule has 2 rings (SSSR count). The Morgan fingerprint density at radius 2 is 2.12 bits per heavy atom. The van der Waals surface area contributed by atoms with Crippen molar-refractivity contribution in [2.45, 2.75) is 25.4 Å². The first-order chi connectivity index (χ1) is 8.09. The summed E-state index contributed by atoms with van der Waals surface area (Å²) in [5.74, 6) is 0.194. The first-order valence-electron chi connectivity index (χ1n) is 5.91. The number of hydrogen-bond donors (Lipinski definition) is 2. The van der Waals surface area contributed by atoms with E-state index in [1.807, 2.05) is 6.92 Å². The quantitative estimate of drug-likeness (QED) is 0.842. The van der Waals surface area contributed by atoms with E-state index >= 15 is 0 Å². The molecule has 1 saturated heterocycles. The van der Waals surface area contributed by atoms with E-state index in [1.54, 1.807) is 6.07 Å². The third-order valence-corrected chi connectivity index (χ3v) is 3.18. The highest BCUT2D eigenvalue weighted by atomic mass is 19.1. The fraction of sp³-hybridized carbons (Fsp3) is 0.538. The van der Waals surface area contributed by atoms with Crippen LogP contribution in [0.25, 0.3) is 0 Å². The summed E-state index contributed by atoms with van der Waals surface area (Å²) in [6, 6.07) is 4.44. The van der Waals surface area contributed by atoms with Crippen molar-refractivity contribution >= 4 is 0 Å². The smallest absolute Gasteiger partial charge is 0.126 e. The maximum Gasteiger partial charge on any atom is 0.126 e. The molecule has 4 heteroatoms. The zero-order valence-corrected chi connectivity index (χ0v) is 10.0. The van der Waals surface area contributed by atoms with Gasteiger partial charge in [-0.25, -0.2) is 4.39 Å². The predicted octanol–water partition coefficient (Wildman–Crippen LogP) is 1.63. The van der Waals surface area contributed by atoms with Crippen LogP contribution in [0, 0.1) is 12.7 Å². The van der Waals surface area contributed by atoms with Gasteiger partial charge in [-0.15, -0.1) is 0 Å². The van der Waals surface area contributed by atoms with Gasteiger partial charge in [-0.05, 0) is 44.5 Å². The summed E-state index contributed by atoms with van der Waals surface area (Å²) >= 11 is 0. The van der Waals surface area contributed by atoms with E-state index in [1.165, 1.54) is 12.1 Å². The number of aliphatic hydroxyl groups is 1. The van der Waals surface area contributed by atoms with Crippen molar-refractivity contribution < 1.29 is 14.2 Å². The Kier molecular flexibility index (Phi) is 3.64. The second kappa shape index (κ2) is 5.02. The summed E-state index contributed by atoms with van der Waals surface area (Å²) in [4.78, 5) is 0. The molecule has 1 aromatic rings. The highest BCUT2D eigenvalue weighted by Gasteiger charge is 2.30. The van der Waals surface area contributed by atoms with E-state index in [0.717, 1.165) is 18.7 Å². The molecule has 1 aliphatic heterocycles. The zero-order chi connectivity index (χ0) is 12.3. The van der Waals surface area contributed by atoms with Crippen LogP contribution in [0.2, 0.25) is 0 Å². The molecule has 0 atom stereocenters. The molecule has 0 saturated carbocycles. The second-order valence-corrected chi connectivity index (χ2v) is 4.67. The van der Waals surface area contributed by atoms with Gasteiger partial charge in [0.25, 0.3) is 0 Å². The molecule has 0 aliphatic carbocycles. The first kappa shape index (κ1) is 12.3. The number of hydrogen-bond acceptors (Lipinski definition) is 3. The maximum atomic E-state index is 13.1. The van der Waals surface area contributed by atoms with Gasteiger partial charge in [-0.3, -0.25) is 0 Å². The lowest BCUT2D eigenvalue weighted by Crippen LogP contribution is -2.46. The molecular weight excluding hydrogens is 221 g/mol. The number of aryl methyl sites for hydroxylation is 1. The number of nitrogens with one attached hydrogen (secondary N) is 1. The van der Waals surface area contributed by atoms with Crippen LogP contribution in [0.3, 0.4) is 0 Å². The minimum atomic E-state index is -0.788. The van der Waals surface area contributed by atoms with Crippen LogP contribution >= 0.6 is 0 Å². The van der Waals surface area contributed by atoms with Crippen molar-refractivity contribution in [1.82, 2.24) is 5.32 Å². The van der Waals surface area contributed by atoms with Gasteiger partial charge in [0, 0.05) is 6.07 Å². The molecule has 0 bridgehead atoms. The highest BCUT2D eigenvalue weighted by Crippen LogP contribution is 2.23. The third-order valence-electron chi connectivity index (χ3n) is 3.18. The average Bonchev–Trinajstić information content (AvgIpc) is 2.31. The topological polar surface area (TPSA) is 41.5 Å². The Morgan fingerprint density at radius 3 is 2.82 bits per heavy atom. The largest absolute Gasteiger partial charge is 0.490 e. The van der Waals surface area contributed by atoms with Crippen LogP contribution in [0.5, 0.6) is 5.75 Å². The van der Waals surface area contributed by atoms with Gasteiger partial charge in [0.05, 0.1) is 0 Å². The Hall–Kier alpha value is -1.13. The Morgan fingerprint density at radius 1 is 1.41 bits per heavy atom.